The molecule has 1 unspecified atom stereocenters. The number of amides is 2. The zero-order valence-electron chi connectivity index (χ0n) is 10.8. The van der Waals surface area contributed by atoms with E-state index in [1.54, 1.807) is 6.92 Å². The fourth-order valence-corrected chi connectivity index (χ4v) is 1.55. The molecule has 0 aromatic heterocycles. The van der Waals surface area contributed by atoms with E-state index >= 15 is 0 Å². The summed E-state index contributed by atoms with van der Waals surface area (Å²) >= 11 is 0. The van der Waals surface area contributed by atoms with E-state index in [0.29, 0.717) is 18.4 Å². The van der Waals surface area contributed by atoms with Crippen LogP contribution in [-0.4, -0.2) is 29.9 Å². The largest absolute Gasteiger partial charge is 0.352 e. The van der Waals surface area contributed by atoms with Crippen molar-refractivity contribution >= 4 is 11.8 Å². The van der Waals surface area contributed by atoms with Crippen LogP contribution >= 0.6 is 0 Å². The average Bonchev–Trinajstić information content (AvgIpc) is 3.00. The lowest BCUT2D eigenvalue weighted by molar-refractivity contribution is -0.129. The summed E-state index contributed by atoms with van der Waals surface area (Å²) < 4.78 is 0. The molecule has 5 heteroatoms. The van der Waals surface area contributed by atoms with Crippen molar-refractivity contribution in [1.29, 1.82) is 0 Å². The lowest BCUT2D eigenvalue weighted by Gasteiger charge is -2.18. The van der Waals surface area contributed by atoms with Gasteiger partial charge in [0.15, 0.2) is 0 Å². The molecule has 2 amide bonds. The van der Waals surface area contributed by atoms with Gasteiger partial charge in [0, 0.05) is 6.04 Å². The van der Waals surface area contributed by atoms with E-state index in [2.05, 4.69) is 10.6 Å². The van der Waals surface area contributed by atoms with Crippen LogP contribution < -0.4 is 16.4 Å². The van der Waals surface area contributed by atoms with Crippen LogP contribution in [0, 0.1) is 5.92 Å². The van der Waals surface area contributed by atoms with E-state index < -0.39 is 12.1 Å². The Labute approximate surface area is 103 Å². The Hall–Kier alpha value is -1.10. The van der Waals surface area contributed by atoms with Gasteiger partial charge in [-0.15, -0.1) is 0 Å². The zero-order valence-corrected chi connectivity index (χ0v) is 10.8. The Balaban J connectivity index is 2.30. The van der Waals surface area contributed by atoms with E-state index in [4.69, 9.17) is 5.73 Å². The van der Waals surface area contributed by atoms with Crippen molar-refractivity contribution in [3.05, 3.63) is 0 Å². The third-order valence-corrected chi connectivity index (χ3v) is 2.74. The molecule has 5 nitrogen and oxygen atoms in total. The minimum absolute atomic E-state index is 0.127. The van der Waals surface area contributed by atoms with Crippen molar-refractivity contribution < 1.29 is 9.59 Å². The van der Waals surface area contributed by atoms with Gasteiger partial charge in [0.05, 0.1) is 6.04 Å². The number of carbonyl (C=O) groups is 2. The van der Waals surface area contributed by atoms with Crippen LogP contribution in [0.25, 0.3) is 0 Å². The van der Waals surface area contributed by atoms with E-state index in [-0.39, 0.29) is 11.8 Å². The topological polar surface area (TPSA) is 84.2 Å². The maximum atomic E-state index is 11.7. The standard InChI is InChI=1S/C12H23N3O2/c1-7(2)6-10(13)12(17)14-8(3)11(16)15-9-4-5-9/h7-10H,4-6,13H2,1-3H3,(H,14,17)(H,15,16)/t8?,10-/m0/s1. The van der Waals surface area contributed by atoms with Crippen LogP contribution in [0.1, 0.15) is 40.0 Å². The van der Waals surface area contributed by atoms with Crippen molar-refractivity contribution in [3.63, 3.8) is 0 Å². The zero-order chi connectivity index (χ0) is 13.0. The van der Waals surface area contributed by atoms with Gasteiger partial charge in [0.1, 0.15) is 6.04 Å². The molecule has 4 N–H and O–H groups in total. The second kappa shape index (κ2) is 6.00. The fraction of sp³-hybridized carbons (Fsp3) is 0.833. The van der Waals surface area contributed by atoms with Crippen LogP contribution in [0.3, 0.4) is 0 Å². The maximum absolute atomic E-state index is 11.7. The third kappa shape index (κ3) is 5.17. The van der Waals surface area contributed by atoms with Crippen LogP contribution in [0.4, 0.5) is 0 Å². The highest BCUT2D eigenvalue weighted by Gasteiger charge is 2.27. The Morgan fingerprint density at radius 1 is 1.24 bits per heavy atom. The number of nitrogens with two attached hydrogens (primary N) is 1. The van der Waals surface area contributed by atoms with Crippen LogP contribution in [0.2, 0.25) is 0 Å². The molecule has 1 saturated carbocycles. The predicted octanol–water partition coefficient (Wildman–Crippen LogP) is 0.143. The van der Waals surface area contributed by atoms with Crippen LogP contribution in [0.15, 0.2) is 0 Å². The molecule has 1 aliphatic rings. The van der Waals surface area contributed by atoms with Gasteiger partial charge in [0.2, 0.25) is 11.8 Å². The Bertz CT molecular complexity index is 287. The fourth-order valence-electron chi connectivity index (χ4n) is 1.55. The van der Waals surface area contributed by atoms with E-state index in [9.17, 15) is 9.59 Å². The number of carbonyl (C=O) groups excluding carboxylic acids is 2. The molecule has 2 atom stereocenters. The predicted molar refractivity (Wildman–Crippen MR) is 66.2 cm³/mol. The monoisotopic (exact) mass is 241 g/mol. The van der Waals surface area contributed by atoms with Gasteiger partial charge >= 0.3 is 0 Å². The first-order chi connectivity index (χ1) is 7.90. The van der Waals surface area contributed by atoms with Crippen molar-refractivity contribution in [2.45, 2.75) is 58.2 Å². The Morgan fingerprint density at radius 3 is 2.29 bits per heavy atom. The molecular weight excluding hydrogens is 218 g/mol. The van der Waals surface area contributed by atoms with Crippen molar-refractivity contribution in [3.8, 4) is 0 Å². The highest BCUT2D eigenvalue weighted by molar-refractivity contribution is 5.89. The maximum Gasteiger partial charge on any atom is 0.242 e. The molecule has 0 bridgehead atoms. The van der Waals surface area contributed by atoms with Gasteiger partial charge in [-0.3, -0.25) is 9.59 Å². The summed E-state index contributed by atoms with van der Waals surface area (Å²) in [5, 5.41) is 5.49. The molecule has 98 valence electrons. The highest BCUT2D eigenvalue weighted by Crippen LogP contribution is 2.18. The van der Waals surface area contributed by atoms with E-state index in [1.165, 1.54) is 0 Å². The summed E-state index contributed by atoms with van der Waals surface area (Å²) in [6.45, 7) is 5.70. The number of nitrogens with one attached hydrogen (secondary N) is 2. The number of rotatable bonds is 6. The third-order valence-electron chi connectivity index (χ3n) is 2.74. The Morgan fingerprint density at radius 2 is 1.82 bits per heavy atom. The summed E-state index contributed by atoms with van der Waals surface area (Å²) in [5.41, 5.74) is 5.74. The van der Waals surface area contributed by atoms with Crippen LogP contribution in [-0.2, 0) is 9.59 Å². The quantitative estimate of drug-likeness (QED) is 0.618. The molecule has 0 aromatic rings. The SMILES string of the molecule is CC(C)C[C@H](N)C(=O)NC(C)C(=O)NC1CC1. The summed E-state index contributed by atoms with van der Waals surface area (Å²) in [6.07, 6.45) is 2.71. The second-order valence-electron chi connectivity index (χ2n) is 5.25. The first-order valence-electron chi connectivity index (χ1n) is 6.26. The molecule has 1 rings (SSSR count). The van der Waals surface area contributed by atoms with Gasteiger partial charge in [-0.25, -0.2) is 0 Å². The van der Waals surface area contributed by atoms with Gasteiger partial charge in [0.25, 0.3) is 0 Å². The summed E-state index contributed by atoms with van der Waals surface area (Å²) in [7, 11) is 0. The first-order valence-corrected chi connectivity index (χ1v) is 6.26. The minimum Gasteiger partial charge on any atom is -0.352 e. The molecule has 0 spiro atoms. The summed E-state index contributed by atoms with van der Waals surface area (Å²) in [5.74, 6) is -0.0129. The van der Waals surface area contributed by atoms with Gasteiger partial charge in [-0.2, -0.15) is 0 Å². The van der Waals surface area contributed by atoms with Crippen LogP contribution in [0.5, 0.6) is 0 Å². The average molecular weight is 241 g/mol. The van der Waals surface area contributed by atoms with Gasteiger partial charge in [-0.1, -0.05) is 13.8 Å². The van der Waals surface area contributed by atoms with Crippen molar-refractivity contribution in [1.82, 2.24) is 10.6 Å². The smallest absolute Gasteiger partial charge is 0.242 e. The van der Waals surface area contributed by atoms with Crippen molar-refractivity contribution in [2.24, 2.45) is 11.7 Å². The molecule has 0 aromatic carbocycles. The lowest BCUT2D eigenvalue weighted by atomic mass is 10.0. The van der Waals surface area contributed by atoms with E-state index in [0.717, 1.165) is 12.8 Å². The summed E-state index contributed by atoms with van der Waals surface area (Å²) in [6, 6.07) is -0.737. The van der Waals surface area contributed by atoms with Gasteiger partial charge in [-0.05, 0) is 32.1 Å². The molecule has 1 aliphatic carbocycles. The van der Waals surface area contributed by atoms with Crippen molar-refractivity contribution in [2.75, 3.05) is 0 Å². The molecule has 0 radical (unpaired) electrons. The minimum atomic E-state index is -0.536. The molecule has 0 saturated heterocycles. The highest BCUT2D eigenvalue weighted by atomic mass is 16.2. The number of hydrogen-bond donors (Lipinski definition) is 3. The molecule has 17 heavy (non-hydrogen) atoms. The first kappa shape index (κ1) is 14.0. The molecule has 1 fully saturated rings. The second-order valence-corrected chi connectivity index (χ2v) is 5.25. The molecule has 0 heterocycles. The normalized spacial score (nSPS) is 18.6. The van der Waals surface area contributed by atoms with Gasteiger partial charge < -0.3 is 16.4 Å². The molecular formula is C12H23N3O2. The molecule has 0 aliphatic heterocycles. The van der Waals surface area contributed by atoms with E-state index in [1.807, 2.05) is 13.8 Å². The summed E-state index contributed by atoms with van der Waals surface area (Å²) in [4.78, 5) is 23.3. The Kier molecular flexibility index (Phi) is 4.93. The lowest BCUT2D eigenvalue weighted by Crippen LogP contribution is -2.50. The number of hydrogen-bond acceptors (Lipinski definition) is 3.